The van der Waals surface area contributed by atoms with Gasteiger partial charge in [0.05, 0.1) is 5.52 Å². The SMILES string of the molecule is Cc1cc2ncccc2cc1C1CCN(S(=O)(=O)c2c(Cl)nc3sccn23)CC1. The maximum absolute atomic E-state index is 13.2. The zero-order valence-corrected chi connectivity index (χ0v) is 18.1. The number of rotatable bonds is 3. The lowest BCUT2D eigenvalue weighted by molar-refractivity contribution is 0.318. The van der Waals surface area contributed by atoms with Gasteiger partial charge in [-0.1, -0.05) is 17.7 Å². The Hall–Kier alpha value is -2.00. The Bertz CT molecular complexity index is 1320. The van der Waals surface area contributed by atoms with Gasteiger partial charge in [-0.3, -0.25) is 9.38 Å². The second kappa shape index (κ2) is 7.05. The first-order valence-corrected chi connectivity index (χ1v) is 12.1. The molecule has 5 rings (SSSR count). The van der Waals surface area contributed by atoms with E-state index >= 15 is 0 Å². The quantitative estimate of drug-likeness (QED) is 0.465. The lowest BCUT2D eigenvalue weighted by Gasteiger charge is -2.32. The number of aromatic nitrogens is 3. The van der Waals surface area contributed by atoms with Gasteiger partial charge in [0.2, 0.25) is 0 Å². The standard InChI is InChI=1S/C20H19ClN4O2S2/c1-13-11-17-15(3-2-6-22-17)12-16(13)14-4-7-24(8-5-14)29(26,27)19-18(21)23-20-25(19)9-10-28-20/h2-3,6,9-12,14H,4-5,7-8H2,1H3. The van der Waals surface area contributed by atoms with Crippen molar-refractivity contribution in [1.29, 1.82) is 0 Å². The average molecular weight is 447 g/mol. The lowest BCUT2D eigenvalue weighted by atomic mass is 9.86. The van der Waals surface area contributed by atoms with Crippen molar-refractivity contribution in [2.75, 3.05) is 13.1 Å². The van der Waals surface area contributed by atoms with Gasteiger partial charge in [-0.05, 0) is 55.0 Å². The third-order valence-corrected chi connectivity index (χ3v) is 8.70. The Morgan fingerprint density at radius 3 is 2.83 bits per heavy atom. The molecule has 0 spiro atoms. The van der Waals surface area contributed by atoms with Crippen molar-refractivity contribution < 1.29 is 8.42 Å². The van der Waals surface area contributed by atoms with E-state index in [-0.39, 0.29) is 10.2 Å². The molecule has 0 bridgehead atoms. The number of thiazole rings is 1. The third kappa shape index (κ3) is 3.15. The molecule has 3 aromatic heterocycles. The highest BCUT2D eigenvalue weighted by Crippen LogP contribution is 2.35. The summed E-state index contributed by atoms with van der Waals surface area (Å²) in [6, 6.07) is 8.33. The summed E-state index contributed by atoms with van der Waals surface area (Å²) < 4.78 is 29.6. The largest absolute Gasteiger partial charge is 0.279 e. The topological polar surface area (TPSA) is 67.6 Å². The summed E-state index contributed by atoms with van der Waals surface area (Å²) in [7, 11) is -3.70. The van der Waals surface area contributed by atoms with Crippen molar-refractivity contribution in [3.05, 3.63) is 58.3 Å². The zero-order chi connectivity index (χ0) is 20.2. The Labute approximate surface area is 177 Å². The minimum Gasteiger partial charge on any atom is -0.279 e. The van der Waals surface area contributed by atoms with Crippen LogP contribution in [0.25, 0.3) is 15.9 Å². The number of piperidine rings is 1. The van der Waals surface area contributed by atoms with Crippen LogP contribution in [-0.4, -0.2) is 40.2 Å². The van der Waals surface area contributed by atoms with Crippen LogP contribution in [0.15, 0.2) is 47.1 Å². The first kappa shape index (κ1) is 19.0. The molecule has 1 aliphatic heterocycles. The molecule has 1 aromatic carbocycles. The molecular formula is C20H19ClN4O2S2. The summed E-state index contributed by atoms with van der Waals surface area (Å²) in [5.41, 5.74) is 3.48. The van der Waals surface area contributed by atoms with Crippen molar-refractivity contribution in [3.8, 4) is 0 Å². The molecule has 9 heteroatoms. The fraction of sp³-hybridized carbons (Fsp3) is 0.300. The molecular weight excluding hydrogens is 428 g/mol. The van der Waals surface area contributed by atoms with Gasteiger partial charge >= 0.3 is 0 Å². The van der Waals surface area contributed by atoms with Gasteiger partial charge < -0.3 is 0 Å². The van der Waals surface area contributed by atoms with Crippen LogP contribution in [-0.2, 0) is 10.0 Å². The van der Waals surface area contributed by atoms with Crippen LogP contribution >= 0.6 is 22.9 Å². The smallest absolute Gasteiger partial charge is 0.262 e. The molecule has 0 amide bonds. The molecule has 150 valence electrons. The molecule has 1 fully saturated rings. The molecule has 0 unspecified atom stereocenters. The predicted octanol–water partition coefficient (Wildman–Crippen LogP) is 4.47. The normalized spacial score (nSPS) is 16.8. The molecule has 29 heavy (non-hydrogen) atoms. The van der Waals surface area contributed by atoms with Crippen LogP contribution in [0.5, 0.6) is 0 Å². The van der Waals surface area contributed by atoms with Gasteiger partial charge in [-0.2, -0.15) is 4.31 Å². The Balaban J connectivity index is 1.41. The van der Waals surface area contributed by atoms with Gasteiger partial charge in [-0.15, -0.1) is 11.3 Å². The molecule has 1 saturated heterocycles. The average Bonchev–Trinajstić information content (AvgIpc) is 3.27. The molecule has 0 atom stereocenters. The number of halogens is 1. The number of imidazole rings is 1. The van der Waals surface area contributed by atoms with Gasteiger partial charge in [-0.25, -0.2) is 13.4 Å². The number of pyridine rings is 1. The first-order chi connectivity index (χ1) is 13.9. The fourth-order valence-electron chi connectivity index (χ4n) is 4.18. The van der Waals surface area contributed by atoms with E-state index in [1.54, 1.807) is 22.2 Å². The summed E-state index contributed by atoms with van der Waals surface area (Å²) in [5.74, 6) is 0.327. The second-order valence-corrected chi connectivity index (χ2v) is 10.4. The molecule has 4 heterocycles. The number of nitrogens with zero attached hydrogens (tertiary/aromatic N) is 4. The van der Waals surface area contributed by atoms with Crippen LogP contribution in [0.4, 0.5) is 0 Å². The summed E-state index contributed by atoms with van der Waals surface area (Å²) >= 11 is 7.54. The summed E-state index contributed by atoms with van der Waals surface area (Å²) in [6.07, 6.45) is 5.05. The van der Waals surface area contributed by atoms with E-state index in [0.29, 0.717) is 24.0 Å². The van der Waals surface area contributed by atoms with Crippen molar-refractivity contribution >= 4 is 48.8 Å². The molecule has 0 saturated carbocycles. The Morgan fingerprint density at radius 2 is 2.03 bits per heavy atom. The van der Waals surface area contributed by atoms with Crippen molar-refractivity contribution in [2.24, 2.45) is 0 Å². The van der Waals surface area contributed by atoms with E-state index in [0.717, 1.165) is 23.7 Å². The van der Waals surface area contributed by atoms with E-state index in [4.69, 9.17) is 11.6 Å². The van der Waals surface area contributed by atoms with Crippen LogP contribution in [0.3, 0.4) is 0 Å². The maximum Gasteiger partial charge on any atom is 0.262 e. The first-order valence-electron chi connectivity index (χ1n) is 9.41. The number of hydrogen-bond acceptors (Lipinski definition) is 5. The Kier molecular flexibility index (Phi) is 4.62. The van der Waals surface area contributed by atoms with Crippen molar-refractivity contribution in [1.82, 2.24) is 18.7 Å². The molecule has 0 radical (unpaired) electrons. The van der Waals surface area contributed by atoms with Gasteiger partial charge in [0.15, 0.2) is 15.1 Å². The highest BCUT2D eigenvalue weighted by molar-refractivity contribution is 7.89. The van der Waals surface area contributed by atoms with Gasteiger partial charge in [0.25, 0.3) is 10.0 Å². The van der Waals surface area contributed by atoms with E-state index in [9.17, 15) is 8.42 Å². The maximum atomic E-state index is 13.2. The highest BCUT2D eigenvalue weighted by Gasteiger charge is 2.34. The van der Waals surface area contributed by atoms with Crippen molar-refractivity contribution in [2.45, 2.75) is 30.7 Å². The summed E-state index contributed by atoms with van der Waals surface area (Å²) in [5, 5.41) is 3.04. The molecule has 0 aliphatic carbocycles. The van der Waals surface area contributed by atoms with Crippen LogP contribution < -0.4 is 0 Å². The third-order valence-electron chi connectivity index (χ3n) is 5.65. The Morgan fingerprint density at radius 1 is 1.24 bits per heavy atom. The minimum absolute atomic E-state index is 0.0387. The molecule has 4 aromatic rings. The predicted molar refractivity (Wildman–Crippen MR) is 115 cm³/mol. The van der Waals surface area contributed by atoms with Gasteiger partial charge in [0, 0.05) is 36.2 Å². The monoisotopic (exact) mass is 446 g/mol. The number of hydrogen-bond donors (Lipinski definition) is 0. The van der Waals surface area contributed by atoms with E-state index in [1.807, 2.05) is 6.07 Å². The van der Waals surface area contributed by atoms with Crippen LogP contribution in [0.2, 0.25) is 5.15 Å². The van der Waals surface area contributed by atoms with E-state index in [2.05, 4.69) is 35.1 Å². The minimum atomic E-state index is -3.70. The van der Waals surface area contributed by atoms with E-state index in [1.165, 1.54) is 26.8 Å². The summed E-state index contributed by atoms with van der Waals surface area (Å²) in [6.45, 7) is 3.03. The second-order valence-electron chi connectivity index (χ2n) is 7.35. The fourth-order valence-corrected chi connectivity index (χ4v) is 7.06. The van der Waals surface area contributed by atoms with E-state index < -0.39 is 10.0 Å². The number of sulfonamides is 1. The number of benzene rings is 1. The van der Waals surface area contributed by atoms with Crippen LogP contribution in [0, 0.1) is 6.92 Å². The molecule has 6 nitrogen and oxygen atoms in total. The van der Waals surface area contributed by atoms with Crippen LogP contribution in [0.1, 0.15) is 29.9 Å². The molecule has 0 N–H and O–H groups in total. The number of fused-ring (bicyclic) bond motifs is 2. The van der Waals surface area contributed by atoms with Crippen molar-refractivity contribution in [3.63, 3.8) is 0 Å². The summed E-state index contributed by atoms with van der Waals surface area (Å²) in [4.78, 5) is 9.18. The zero-order valence-electron chi connectivity index (χ0n) is 15.7. The molecule has 1 aliphatic rings. The lowest BCUT2D eigenvalue weighted by Crippen LogP contribution is -2.38. The number of aryl methyl sites for hydroxylation is 1. The van der Waals surface area contributed by atoms with Gasteiger partial charge in [0.1, 0.15) is 0 Å². The highest BCUT2D eigenvalue weighted by atomic mass is 35.5.